The molecule has 2 heterocycles. The molecule has 0 spiro atoms. The summed E-state index contributed by atoms with van der Waals surface area (Å²) in [7, 11) is 0. The van der Waals surface area contributed by atoms with Crippen LogP contribution in [0, 0.1) is 6.92 Å². The molecule has 0 radical (unpaired) electrons. The molecule has 0 fully saturated rings. The highest BCUT2D eigenvalue weighted by Crippen LogP contribution is 2.32. The maximum atomic E-state index is 4.89. The zero-order valence-electron chi connectivity index (χ0n) is 20.9. The molecule has 0 saturated carbocycles. The molecule has 4 heteroatoms. The molecule has 0 bridgehead atoms. The lowest BCUT2D eigenvalue weighted by molar-refractivity contribution is 1.07. The molecule has 5 aromatic carbocycles. The Labute approximate surface area is 220 Å². The van der Waals surface area contributed by atoms with E-state index in [9.17, 15) is 0 Å². The zero-order valence-corrected chi connectivity index (χ0v) is 20.9. The second-order valence-electron chi connectivity index (χ2n) is 9.45. The molecule has 7 rings (SSSR count). The summed E-state index contributed by atoms with van der Waals surface area (Å²) < 4.78 is 2.31. The monoisotopic (exact) mass is 488 g/mol. The van der Waals surface area contributed by atoms with E-state index in [2.05, 4.69) is 109 Å². The highest BCUT2D eigenvalue weighted by molar-refractivity contribution is 6.09. The molecular weight excluding hydrogens is 464 g/mol. The quantitative estimate of drug-likeness (QED) is 0.250. The minimum atomic E-state index is 0.656. The maximum Gasteiger partial charge on any atom is 0.164 e. The predicted octanol–water partition coefficient (Wildman–Crippen LogP) is 8.28. The van der Waals surface area contributed by atoms with Crippen LogP contribution in [-0.4, -0.2) is 19.5 Å². The highest BCUT2D eigenvalue weighted by atomic mass is 15.0. The lowest BCUT2D eigenvalue weighted by Gasteiger charge is -2.11. The van der Waals surface area contributed by atoms with E-state index in [0.29, 0.717) is 17.5 Å². The van der Waals surface area contributed by atoms with Crippen molar-refractivity contribution in [3.05, 3.63) is 133 Å². The van der Waals surface area contributed by atoms with Crippen molar-refractivity contribution < 1.29 is 0 Å². The number of aromatic nitrogens is 4. The molecule has 0 atom stereocenters. The van der Waals surface area contributed by atoms with Crippen LogP contribution >= 0.6 is 0 Å². The molecule has 0 saturated heterocycles. The van der Waals surface area contributed by atoms with E-state index in [1.54, 1.807) is 0 Å². The molecule has 4 nitrogen and oxygen atoms in total. The number of rotatable bonds is 4. The molecule has 0 amide bonds. The fourth-order valence-electron chi connectivity index (χ4n) is 5.01. The van der Waals surface area contributed by atoms with Crippen molar-refractivity contribution in [1.82, 2.24) is 19.5 Å². The fraction of sp³-hybridized carbons (Fsp3) is 0.0294. The molecular formula is C34H24N4. The van der Waals surface area contributed by atoms with Crippen LogP contribution in [0.15, 0.2) is 127 Å². The fourth-order valence-corrected chi connectivity index (χ4v) is 5.01. The Balaban J connectivity index is 1.36. The summed E-state index contributed by atoms with van der Waals surface area (Å²) in [6.07, 6.45) is 0. The van der Waals surface area contributed by atoms with Crippen LogP contribution in [0.2, 0.25) is 0 Å². The van der Waals surface area contributed by atoms with E-state index in [0.717, 1.165) is 22.4 Å². The molecule has 0 aliphatic carbocycles. The lowest BCUT2D eigenvalue weighted by Crippen LogP contribution is -2.00. The second-order valence-corrected chi connectivity index (χ2v) is 9.45. The van der Waals surface area contributed by atoms with Crippen LogP contribution in [0.1, 0.15) is 5.56 Å². The first-order chi connectivity index (χ1) is 18.7. The number of nitrogens with zero attached hydrogens (tertiary/aromatic N) is 4. The number of hydrogen-bond acceptors (Lipinski definition) is 3. The smallest absolute Gasteiger partial charge is 0.164 e. The van der Waals surface area contributed by atoms with Gasteiger partial charge < -0.3 is 4.57 Å². The Morgan fingerprint density at radius 1 is 0.421 bits per heavy atom. The van der Waals surface area contributed by atoms with Gasteiger partial charge in [-0.3, -0.25) is 0 Å². The van der Waals surface area contributed by atoms with Crippen molar-refractivity contribution >= 4 is 21.8 Å². The number of fused-ring (bicyclic) bond motifs is 3. The summed E-state index contributed by atoms with van der Waals surface area (Å²) in [6, 6.07) is 44.0. The average molecular weight is 489 g/mol. The van der Waals surface area contributed by atoms with Crippen LogP contribution < -0.4 is 0 Å². The van der Waals surface area contributed by atoms with Gasteiger partial charge in [-0.15, -0.1) is 0 Å². The standard InChI is InChI=1S/C34H24N4/c1-23-15-17-25(18-16-23)33-35-32(24-9-3-2-4-10-24)36-34(37-33)26-19-21-27(22-20-26)38-30-13-7-5-11-28(30)29-12-6-8-14-31(29)38/h2-22H,1H3. The second kappa shape index (κ2) is 9.09. The van der Waals surface area contributed by atoms with Gasteiger partial charge in [-0.2, -0.15) is 0 Å². The molecule has 2 aromatic heterocycles. The summed E-state index contributed by atoms with van der Waals surface area (Å²) in [5.41, 5.74) is 7.56. The Morgan fingerprint density at radius 3 is 1.37 bits per heavy atom. The summed E-state index contributed by atoms with van der Waals surface area (Å²) in [4.78, 5) is 14.6. The van der Waals surface area contributed by atoms with Crippen LogP contribution in [0.25, 0.3) is 61.7 Å². The van der Waals surface area contributed by atoms with Crippen molar-refractivity contribution in [1.29, 1.82) is 0 Å². The van der Waals surface area contributed by atoms with Gasteiger partial charge in [0.1, 0.15) is 0 Å². The summed E-state index contributed by atoms with van der Waals surface area (Å²) in [6.45, 7) is 2.08. The van der Waals surface area contributed by atoms with Gasteiger partial charge in [0, 0.05) is 33.2 Å². The third kappa shape index (κ3) is 3.84. The van der Waals surface area contributed by atoms with Gasteiger partial charge in [0.05, 0.1) is 11.0 Å². The highest BCUT2D eigenvalue weighted by Gasteiger charge is 2.14. The molecule has 180 valence electrons. The minimum Gasteiger partial charge on any atom is -0.309 e. The largest absolute Gasteiger partial charge is 0.309 e. The van der Waals surface area contributed by atoms with Gasteiger partial charge in [0.2, 0.25) is 0 Å². The summed E-state index contributed by atoms with van der Waals surface area (Å²) >= 11 is 0. The Kier molecular flexibility index (Phi) is 5.30. The first-order valence-corrected chi connectivity index (χ1v) is 12.7. The van der Waals surface area contributed by atoms with Crippen LogP contribution in [0.3, 0.4) is 0 Å². The number of aryl methyl sites for hydroxylation is 1. The van der Waals surface area contributed by atoms with Crippen molar-refractivity contribution in [2.24, 2.45) is 0 Å². The zero-order chi connectivity index (χ0) is 25.5. The van der Waals surface area contributed by atoms with Crippen LogP contribution in [0.5, 0.6) is 0 Å². The van der Waals surface area contributed by atoms with Gasteiger partial charge in [0.15, 0.2) is 17.5 Å². The van der Waals surface area contributed by atoms with Gasteiger partial charge in [-0.1, -0.05) is 96.6 Å². The maximum absolute atomic E-state index is 4.89. The first kappa shape index (κ1) is 22.1. The van der Waals surface area contributed by atoms with E-state index in [1.165, 1.54) is 27.4 Å². The van der Waals surface area contributed by atoms with Gasteiger partial charge in [-0.05, 0) is 43.3 Å². The van der Waals surface area contributed by atoms with Gasteiger partial charge in [0.25, 0.3) is 0 Å². The number of hydrogen-bond donors (Lipinski definition) is 0. The van der Waals surface area contributed by atoms with Gasteiger partial charge >= 0.3 is 0 Å². The lowest BCUT2D eigenvalue weighted by atomic mass is 10.1. The van der Waals surface area contributed by atoms with E-state index < -0.39 is 0 Å². The summed E-state index contributed by atoms with van der Waals surface area (Å²) in [5, 5.41) is 2.50. The average Bonchev–Trinajstić information content (AvgIpc) is 3.32. The molecule has 0 N–H and O–H groups in total. The van der Waals surface area contributed by atoms with E-state index in [-0.39, 0.29) is 0 Å². The molecule has 7 aromatic rings. The van der Waals surface area contributed by atoms with E-state index in [4.69, 9.17) is 15.0 Å². The Morgan fingerprint density at radius 2 is 0.842 bits per heavy atom. The Hall–Kier alpha value is -5.09. The van der Waals surface area contributed by atoms with E-state index in [1.807, 2.05) is 30.3 Å². The van der Waals surface area contributed by atoms with Crippen LogP contribution in [0.4, 0.5) is 0 Å². The van der Waals surface area contributed by atoms with Gasteiger partial charge in [-0.25, -0.2) is 15.0 Å². The van der Waals surface area contributed by atoms with Crippen molar-refractivity contribution in [3.63, 3.8) is 0 Å². The third-order valence-corrected chi connectivity index (χ3v) is 6.94. The number of benzene rings is 5. The molecule has 0 aliphatic heterocycles. The normalized spacial score (nSPS) is 11.3. The van der Waals surface area contributed by atoms with Crippen molar-refractivity contribution in [3.8, 4) is 39.9 Å². The molecule has 0 unspecified atom stereocenters. The number of para-hydroxylation sites is 2. The van der Waals surface area contributed by atoms with E-state index >= 15 is 0 Å². The SMILES string of the molecule is Cc1ccc(-c2nc(-c3ccccc3)nc(-c3ccc(-n4c5ccccc5c5ccccc54)cc3)n2)cc1. The molecule has 0 aliphatic rings. The summed E-state index contributed by atoms with van der Waals surface area (Å²) in [5.74, 6) is 1.99. The van der Waals surface area contributed by atoms with Crippen molar-refractivity contribution in [2.45, 2.75) is 6.92 Å². The van der Waals surface area contributed by atoms with Crippen molar-refractivity contribution in [2.75, 3.05) is 0 Å². The third-order valence-electron chi connectivity index (χ3n) is 6.94. The Bertz CT molecular complexity index is 1850. The topological polar surface area (TPSA) is 43.6 Å². The van der Waals surface area contributed by atoms with Crippen LogP contribution in [-0.2, 0) is 0 Å². The first-order valence-electron chi connectivity index (χ1n) is 12.7. The predicted molar refractivity (Wildman–Crippen MR) is 155 cm³/mol. The molecule has 38 heavy (non-hydrogen) atoms. The minimum absolute atomic E-state index is 0.656.